The zero-order chi connectivity index (χ0) is 14.5. The average Bonchev–Trinajstić information content (AvgIpc) is 2.77. The Balaban J connectivity index is 1.79. The molecule has 20 heavy (non-hydrogen) atoms. The summed E-state index contributed by atoms with van der Waals surface area (Å²) in [7, 11) is 0. The lowest BCUT2D eigenvalue weighted by Gasteiger charge is -2.09. The maximum Gasteiger partial charge on any atom is 0.227 e. The Labute approximate surface area is 118 Å². The highest BCUT2D eigenvalue weighted by Crippen LogP contribution is 2.15. The lowest BCUT2D eigenvalue weighted by atomic mass is 10.1. The minimum Gasteiger partial charge on any atom is -0.384 e. The molecular weight excluding hydrogens is 254 g/mol. The van der Waals surface area contributed by atoms with Gasteiger partial charge in [-0.25, -0.2) is 0 Å². The van der Waals surface area contributed by atoms with E-state index in [1.54, 1.807) is 13.0 Å². The number of benzene rings is 1. The van der Waals surface area contributed by atoms with E-state index in [0.29, 0.717) is 24.5 Å². The average molecular weight is 273 g/mol. The van der Waals surface area contributed by atoms with Crippen molar-refractivity contribution in [2.24, 2.45) is 0 Å². The van der Waals surface area contributed by atoms with E-state index in [0.717, 1.165) is 5.69 Å². The monoisotopic (exact) mass is 273 g/mol. The molecule has 2 rings (SSSR count). The standard InChI is InChI=1S/C15H19N3O2/c1-10-4-5-13(11(2)8-10)16-7-6-15(19)17-14-9-12(3)20-18-14/h4-5,8-9,16H,6-7H2,1-3H3,(H,17,18,19). The van der Waals surface area contributed by atoms with E-state index >= 15 is 0 Å². The van der Waals surface area contributed by atoms with Gasteiger partial charge < -0.3 is 15.2 Å². The van der Waals surface area contributed by atoms with Gasteiger partial charge in [-0.3, -0.25) is 4.79 Å². The Morgan fingerprint density at radius 3 is 2.70 bits per heavy atom. The zero-order valence-corrected chi connectivity index (χ0v) is 12.0. The van der Waals surface area contributed by atoms with Gasteiger partial charge in [0.1, 0.15) is 5.76 Å². The van der Waals surface area contributed by atoms with E-state index in [9.17, 15) is 4.79 Å². The van der Waals surface area contributed by atoms with Gasteiger partial charge >= 0.3 is 0 Å². The fraction of sp³-hybridized carbons (Fsp3) is 0.333. The van der Waals surface area contributed by atoms with Gasteiger partial charge in [0.25, 0.3) is 0 Å². The quantitative estimate of drug-likeness (QED) is 0.878. The van der Waals surface area contributed by atoms with Crippen LogP contribution in [0.5, 0.6) is 0 Å². The van der Waals surface area contributed by atoms with Crippen LogP contribution in [0.2, 0.25) is 0 Å². The van der Waals surface area contributed by atoms with Gasteiger partial charge in [0.2, 0.25) is 5.91 Å². The summed E-state index contributed by atoms with van der Waals surface area (Å²) < 4.78 is 4.89. The number of carbonyl (C=O) groups is 1. The molecule has 0 fully saturated rings. The van der Waals surface area contributed by atoms with Gasteiger partial charge in [0.05, 0.1) is 0 Å². The molecule has 0 saturated heterocycles. The molecule has 0 aliphatic carbocycles. The molecule has 2 aromatic rings. The number of rotatable bonds is 5. The number of hydrogen-bond donors (Lipinski definition) is 2. The van der Waals surface area contributed by atoms with Gasteiger partial charge in [-0.15, -0.1) is 0 Å². The van der Waals surface area contributed by atoms with E-state index < -0.39 is 0 Å². The van der Waals surface area contributed by atoms with Crippen LogP contribution < -0.4 is 10.6 Å². The van der Waals surface area contributed by atoms with Crippen LogP contribution in [0.15, 0.2) is 28.8 Å². The Kier molecular flexibility index (Phi) is 4.40. The third-order valence-corrected chi connectivity index (χ3v) is 2.94. The van der Waals surface area contributed by atoms with E-state index in [-0.39, 0.29) is 5.91 Å². The fourth-order valence-corrected chi connectivity index (χ4v) is 1.95. The summed E-state index contributed by atoms with van der Waals surface area (Å²) >= 11 is 0. The van der Waals surface area contributed by atoms with E-state index in [1.807, 2.05) is 19.1 Å². The molecule has 1 amide bonds. The summed E-state index contributed by atoms with van der Waals surface area (Å²) in [4.78, 5) is 11.7. The molecule has 0 aliphatic rings. The minimum absolute atomic E-state index is 0.0874. The smallest absolute Gasteiger partial charge is 0.227 e. The largest absolute Gasteiger partial charge is 0.384 e. The highest BCUT2D eigenvalue weighted by Gasteiger charge is 2.06. The second kappa shape index (κ2) is 6.23. The SMILES string of the molecule is Cc1ccc(NCCC(=O)Nc2cc(C)on2)c(C)c1. The second-order valence-corrected chi connectivity index (χ2v) is 4.87. The number of nitrogens with zero attached hydrogens (tertiary/aromatic N) is 1. The van der Waals surface area contributed by atoms with E-state index in [1.165, 1.54) is 11.1 Å². The van der Waals surface area contributed by atoms with Crippen molar-refractivity contribution in [2.75, 3.05) is 17.2 Å². The number of hydrogen-bond acceptors (Lipinski definition) is 4. The molecule has 106 valence electrons. The van der Waals surface area contributed by atoms with E-state index in [4.69, 9.17) is 4.52 Å². The molecule has 0 radical (unpaired) electrons. The number of carbonyl (C=O) groups excluding carboxylic acids is 1. The van der Waals surface area contributed by atoms with Crippen molar-refractivity contribution in [2.45, 2.75) is 27.2 Å². The van der Waals surface area contributed by atoms with Gasteiger partial charge in [-0.1, -0.05) is 22.9 Å². The number of anilines is 2. The fourth-order valence-electron chi connectivity index (χ4n) is 1.95. The first-order valence-corrected chi connectivity index (χ1v) is 6.59. The van der Waals surface area contributed by atoms with Gasteiger partial charge in [-0.05, 0) is 32.4 Å². The molecule has 0 aliphatic heterocycles. The molecule has 0 unspecified atom stereocenters. The second-order valence-electron chi connectivity index (χ2n) is 4.87. The molecule has 1 aromatic heterocycles. The Morgan fingerprint density at radius 1 is 1.25 bits per heavy atom. The van der Waals surface area contributed by atoms with Crippen LogP contribution in [0.25, 0.3) is 0 Å². The van der Waals surface area contributed by atoms with Crippen molar-refractivity contribution in [3.05, 3.63) is 41.2 Å². The van der Waals surface area contributed by atoms with Crippen molar-refractivity contribution in [3.8, 4) is 0 Å². The highest BCUT2D eigenvalue weighted by molar-refractivity contribution is 5.90. The molecule has 1 aromatic carbocycles. The van der Waals surface area contributed by atoms with E-state index in [2.05, 4.69) is 28.8 Å². The summed E-state index contributed by atoms with van der Waals surface area (Å²) in [5, 5.41) is 9.66. The molecule has 5 nitrogen and oxygen atoms in total. The molecule has 0 spiro atoms. The third kappa shape index (κ3) is 3.85. The zero-order valence-electron chi connectivity index (χ0n) is 12.0. The van der Waals surface area contributed by atoms with Crippen molar-refractivity contribution in [1.82, 2.24) is 5.16 Å². The van der Waals surface area contributed by atoms with Crippen LogP contribution in [0, 0.1) is 20.8 Å². The molecule has 1 heterocycles. The van der Waals surface area contributed by atoms with Gasteiger partial charge in [0.15, 0.2) is 5.82 Å². The van der Waals surface area contributed by atoms with Crippen molar-refractivity contribution < 1.29 is 9.32 Å². The van der Waals surface area contributed by atoms with Crippen LogP contribution >= 0.6 is 0 Å². The van der Waals surface area contributed by atoms with Crippen molar-refractivity contribution in [1.29, 1.82) is 0 Å². The summed E-state index contributed by atoms with van der Waals surface area (Å²) in [6, 6.07) is 7.88. The Bertz CT molecular complexity index is 605. The summed E-state index contributed by atoms with van der Waals surface area (Å²) in [5.41, 5.74) is 3.46. The molecule has 0 saturated carbocycles. The number of aryl methyl sites for hydroxylation is 3. The van der Waals surface area contributed by atoms with Gasteiger partial charge in [-0.2, -0.15) is 0 Å². The maximum absolute atomic E-state index is 11.7. The number of amides is 1. The lowest BCUT2D eigenvalue weighted by Crippen LogP contribution is -2.16. The Hall–Kier alpha value is -2.30. The lowest BCUT2D eigenvalue weighted by molar-refractivity contribution is -0.116. The third-order valence-electron chi connectivity index (χ3n) is 2.94. The maximum atomic E-state index is 11.7. The summed E-state index contributed by atoms with van der Waals surface area (Å²) in [5.74, 6) is 1.04. The highest BCUT2D eigenvalue weighted by atomic mass is 16.5. The van der Waals surface area contributed by atoms with Crippen molar-refractivity contribution in [3.63, 3.8) is 0 Å². The summed E-state index contributed by atoms with van der Waals surface area (Å²) in [6.07, 6.45) is 0.374. The summed E-state index contributed by atoms with van der Waals surface area (Å²) in [6.45, 7) is 6.47. The predicted octanol–water partition coefficient (Wildman–Crippen LogP) is 3.04. The van der Waals surface area contributed by atoms with Crippen LogP contribution in [-0.2, 0) is 4.79 Å². The van der Waals surface area contributed by atoms with Crippen LogP contribution in [0.1, 0.15) is 23.3 Å². The van der Waals surface area contributed by atoms with Crippen molar-refractivity contribution >= 4 is 17.4 Å². The number of aromatic nitrogens is 1. The first kappa shape index (κ1) is 14.1. The molecular formula is C15H19N3O2. The van der Waals surface area contributed by atoms with Crippen LogP contribution in [-0.4, -0.2) is 17.6 Å². The first-order chi connectivity index (χ1) is 9.54. The van der Waals surface area contributed by atoms with Crippen LogP contribution in [0.3, 0.4) is 0 Å². The first-order valence-electron chi connectivity index (χ1n) is 6.59. The number of nitrogens with one attached hydrogen (secondary N) is 2. The van der Waals surface area contributed by atoms with Crippen LogP contribution in [0.4, 0.5) is 11.5 Å². The Morgan fingerprint density at radius 2 is 2.05 bits per heavy atom. The van der Waals surface area contributed by atoms with Gasteiger partial charge in [0, 0.05) is 24.7 Å². The normalized spacial score (nSPS) is 10.3. The molecule has 0 atom stereocenters. The molecule has 5 heteroatoms. The predicted molar refractivity (Wildman–Crippen MR) is 78.9 cm³/mol. The molecule has 2 N–H and O–H groups in total. The molecule has 0 bridgehead atoms. The topological polar surface area (TPSA) is 67.2 Å². The minimum atomic E-state index is -0.0874.